The highest BCUT2D eigenvalue weighted by Gasteiger charge is 2.32. The van der Waals surface area contributed by atoms with E-state index in [9.17, 15) is 0 Å². The molecule has 4 heteroatoms. The Bertz CT molecular complexity index is 392. The van der Waals surface area contributed by atoms with Crippen LogP contribution in [0.1, 0.15) is 21.6 Å². The molecule has 0 amide bonds. The van der Waals surface area contributed by atoms with Crippen LogP contribution in [-0.2, 0) is 0 Å². The van der Waals surface area contributed by atoms with Crippen LogP contribution in [0.25, 0.3) is 0 Å². The Morgan fingerprint density at radius 2 is 1.86 bits per heavy atom. The van der Waals surface area contributed by atoms with Crippen molar-refractivity contribution in [1.82, 2.24) is 0 Å². The van der Waals surface area contributed by atoms with E-state index in [1.807, 2.05) is 12.1 Å². The zero-order chi connectivity index (χ0) is 9.71. The molecule has 0 bridgehead atoms. The lowest BCUT2D eigenvalue weighted by molar-refractivity contribution is 0.352. The van der Waals surface area contributed by atoms with Crippen molar-refractivity contribution < 1.29 is 9.47 Å². The molecule has 0 aliphatic carbocycles. The van der Waals surface area contributed by atoms with E-state index in [4.69, 9.17) is 9.47 Å². The van der Waals surface area contributed by atoms with E-state index in [0.29, 0.717) is 13.2 Å². The minimum absolute atomic E-state index is 0.138. The molecule has 2 heterocycles. The van der Waals surface area contributed by atoms with Crippen LogP contribution in [-0.4, -0.2) is 13.2 Å². The number of ether oxygens (including phenoxy) is 2. The molecule has 0 spiro atoms. The molecular weight excluding hydrogens is 216 g/mol. The van der Waals surface area contributed by atoms with Gasteiger partial charge >= 0.3 is 0 Å². The lowest BCUT2D eigenvalue weighted by Gasteiger charge is -2.07. The van der Waals surface area contributed by atoms with E-state index >= 15 is 0 Å². The van der Waals surface area contributed by atoms with E-state index in [2.05, 4.69) is 25.3 Å². The zero-order valence-corrected chi connectivity index (χ0v) is 9.22. The van der Waals surface area contributed by atoms with Crippen LogP contribution in [0.15, 0.2) is 12.1 Å². The Morgan fingerprint density at radius 1 is 1.07 bits per heavy atom. The summed E-state index contributed by atoms with van der Waals surface area (Å²) in [6, 6.07) is 4.02. The second-order valence-electron chi connectivity index (χ2n) is 3.55. The molecule has 2 aliphatic heterocycles. The maximum absolute atomic E-state index is 5.62. The van der Waals surface area contributed by atoms with Gasteiger partial charge in [0.2, 0.25) is 0 Å². The summed E-state index contributed by atoms with van der Waals surface area (Å²) in [6.07, 6.45) is 0. The average Bonchev–Trinajstić information content (AvgIpc) is 2.72. The molecule has 3 rings (SSSR count). The van der Waals surface area contributed by atoms with Crippen molar-refractivity contribution in [2.24, 2.45) is 0 Å². The fourth-order valence-electron chi connectivity index (χ4n) is 1.97. The van der Waals surface area contributed by atoms with E-state index in [1.165, 1.54) is 0 Å². The average molecular weight is 226 g/mol. The first kappa shape index (κ1) is 8.80. The Labute approximate surface area is 93.4 Å². The number of benzene rings is 1. The molecule has 0 N–H and O–H groups in total. The number of thiol groups is 2. The summed E-state index contributed by atoms with van der Waals surface area (Å²) in [7, 11) is 0. The SMILES string of the molecule is SC1COc2c1ccc1c2C(S)CO1. The second-order valence-corrected chi connectivity index (χ2v) is 4.80. The van der Waals surface area contributed by atoms with Gasteiger partial charge in [-0.3, -0.25) is 0 Å². The van der Waals surface area contributed by atoms with E-state index in [0.717, 1.165) is 22.6 Å². The highest BCUT2D eigenvalue weighted by molar-refractivity contribution is 7.80. The molecule has 14 heavy (non-hydrogen) atoms. The topological polar surface area (TPSA) is 18.5 Å². The van der Waals surface area contributed by atoms with Gasteiger partial charge in [0.15, 0.2) is 0 Å². The summed E-state index contributed by atoms with van der Waals surface area (Å²) < 4.78 is 11.1. The lowest BCUT2D eigenvalue weighted by Crippen LogP contribution is -1.94. The maximum atomic E-state index is 5.62. The van der Waals surface area contributed by atoms with Gasteiger partial charge in [0.1, 0.15) is 24.7 Å². The van der Waals surface area contributed by atoms with Crippen molar-refractivity contribution in [2.75, 3.05) is 13.2 Å². The van der Waals surface area contributed by atoms with Crippen LogP contribution < -0.4 is 9.47 Å². The van der Waals surface area contributed by atoms with Crippen LogP contribution in [0.2, 0.25) is 0 Å². The molecule has 2 atom stereocenters. The number of fused-ring (bicyclic) bond motifs is 3. The van der Waals surface area contributed by atoms with Crippen LogP contribution in [0, 0.1) is 0 Å². The smallest absolute Gasteiger partial charge is 0.131 e. The molecule has 2 aliphatic rings. The molecule has 0 aromatic heterocycles. The van der Waals surface area contributed by atoms with Crippen LogP contribution in [0.3, 0.4) is 0 Å². The molecule has 2 nitrogen and oxygen atoms in total. The van der Waals surface area contributed by atoms with Gasteiger partial charge < -0.3 is 9.47 Å². The summed E-state index contributed by atoms with van der Waals surface area (Å²) in [5.74, 6) is 1.85. The predicted octanol–water partition coefficient (Wildman–Crippen LogP) is 2.41. The third-order valence-corrected chi connectivity index (χ3v) is 3.50. The summed E-state index contributed by atoms with van der Waals surface area (Å²) in [4.78, 5) is 0. The van der Waals surface area contributed by atoms with Crippen molar-refractivity contribution >= 4 is 25.3 Å². The van der Waals surface area contributed by atoms with Crippen molar-refractivity contribution in [2.45, 2.75) is 10.5 Å². The van der Waals surface area contributed by atoms with Crippen molar-refractivity contribution in [3.63, 3.8) is 0 Å². The van der Waals surface area contributed by atoms with E-state index < -0.39 is 0 Å². The first-order valence-electron chi connectivity index (χ1n) is 4.56. The monoisotopic (exact) mass is 226 g/mol. The standard InChI is InChI=1S/C10H10O2S2/c13-7-3-12-10-5(7)1-2-6-9(10)8(14)4-11-6/h1-2,7-8,13-14H,3-4H2. The predicted molar refractivity (Wildman–Crippen MR) is 60.9 cm³/mol. The first-order valence-corrected chi connectivity index (χ1v) is 5.59. The van der Waals surface area contributed by atoms with Gasteiger partial charge in [-0.15, -0.1) is 0 Å². The lowest BCUT2D eigenvalue weighted by atomic mass is 10.1. The highest BCUT2D eigenvalue weighted by Crippen LogP contribution is 2.49. The van der Waals surface area contributed by atoms with Gasteiger partial charge in [0, 0.05) is 5.56 Å². The summed E-state index contributed by atoms with van der Waals surface area (Å²) in [6.45, 7) is 1.28. The van der Waals surface area contributed by atoms with Crippen LogP contribution >= 0.6 is 25.3 Å². The molecule has 0 saturated carbocycles. The largest absolute Gasteiger partial charge is 0.492 e. The molecule has 74 valence electrons. The molecule has 0 radical (unpaired) electrons. The molecule has 2 unspecified atom stereocenters. The zero-order valence-electron chi connectivity index (χ0n) is 7.43. The summed E-state index contributed by atoms with van der Waals surface area (Å²) >= 11 is 8.92. The minimum atomic E-state index is 0.138. The van der Waals surface area contributed by atoms with Crippen molar-refractivity contribution in [1.29, 1.82) is 0 Å². The van der Waals surface area contributed by atoms with Crippen molar-refractivity contribution in [3.05, 3.63) is 23.3 Å². The molecule has 1 aromatic rings. The quantitative estimate of drug-likeness (QED) is 0.662. The third-order valence-electron chi connectivity index (χ3n) is 2.66. The summed E-state index contributed by atoms with van der Waals surface area (Å²) in [5, 5.41) is 0.329. The number of rotatable bonds is 0. The highest BCUT2D eigenvalue weighted by atomic mass is 32.1. The van der Waals surface area contributed by atoms with Crippen LogP contribution in [0.5, 0.6) is 11.5 Å². The maximum Gasteiger partial charge on any atom is 0.131 e. The minimum Gasteiger partial charge on any atom is -0.492 e. The Balaban J connectivity index is 2.21. The Morgan fingerprint density at radius 3 is 2.71 bits per heavy atom. The molecule has 1 aromatic carbocycles. The fraction of sp³-hybridized carbons (Fsp3) is 0.400. The van der Waals surface area contributed by atoms with E-state index in [-0.39, 0.29) is 10.5 Å². The van der Waals surface area contributed by atoms with E-state index in [1.54, 1.807) is 0 Å². The summed E-state index contributed by atoms with van der Waals surface area (Å²) in [5.41, 5.74) is 2.26. The van der Waals surface area contributed by atoms with Crippen LogP contribution in [0.4, 0.5) is 0 Å². The van der Waals surface area contributed by atoms with Gasteiger partial charge in [-0.05, 0) is 6.07 Å². The molecular formula is C10H10O2S2. The van der Waals surface area contributed by atoms with Gasteiger partial charge in [-0.25, -0.2) is 0 Å². The first-order chi connectivity index (χ1) is 6.77. The third kappa shape index (κ3) is 1.07. The Kier molecular flexibility index (Phi) is 1.89. The van der Waals surface area contributed by atoms with Gasteiger partial charge in [-0.1, -0.05) is 6.07 Å². The van der Waals surface area contributed by atoms with Gasteiger partial charge in [0.25, 0.3) is 0 Å². The van der Waals surface area contributed by atoms with Crippen molar-refractivity contribution in [3.8, 4) is 11.5 Å². The van der Waals surface area contributed by atoms with Gasteiger partial charge in [0.05, 0.1) is 16.1 Å². The number of hydrogen-bond acceptors (Lipinski definition) is 4. The number of hydrogen-bond donors (Lipinski definition) is 2. The molecule has 0 saturated heterocycles. The fourth-order valence-corrected chi connectivity index (χ4v) is 2.56. The Hall–Kier alpha value is -0.480. The normalized spacial score (nSPS) is 27.9. The second kappa shape index (κ2) is 3.00. The molecule has 0 fully saturated rings. The van der Waals surface area contributed by atoms with Gasteiger partial charge in [-0.2, -0.15) is 25.3 Å².